The first-order chi connectivity index (χ1) is 9.63. The van der Waals surface area contributed by atoms with E-state index in [1.165, 1.54) is 5.56 Å². The van der Waals surface area contributed by atoms with Gasteiger partial charge in [-0.05, 0) is 25.3 Å². The number of benzene rings is 1. The molecular formula is C16H24N2O2. The molecule has 0 radical (unpaired) electrons. The van der Waals surface area contributed by atoms with Crippen molar-refractivity contribution >= 4 is 5.91 Å². The lowest BCUT2D eigenvalue weighted by Crippen LogP contribution is -2.51. The van der Waals surface area contributed by atoms with Crippen molar-refractivity contribution in [2.75, 3.05) is 20.2 Å². The molecule has 2 N–H and O–H groups in total. The Morgan fingerprint density at radius 2 is 2.10 bits per heavy atom. The number of hydrogen-bond donors (Lipinski definition) is 1. The minimum atomic E-state index is 0.103. The number of aryl methyl sites for hydroxylation is 1. The molecule has 1 aromatic rings. The minimum absolute atomic E-state index is 0.103. The summed E-state index contributed by atoms with van der Waals surface area (Å²) in [5, 5.41) is 0. The molecule has 2 rings (SSSR count). The van der Waals surface area contributed by atoms with Gasteiger partial charge in [0.2, 0.25) is 5.91 Å². The number of rotatable bonds is 4. The Bertz CT molecular complexity index is 444. The summed E-state index contributed by atoms with van der Waals surface area (Å²) in [4.78, 5) is 14.4. The van der Waals surface area contributed by atoms with Gasteiger partial charge in [-0.3, -0.25) is 4.79 Å². The van der Waals surface area contributed by atoms with Crippen molar-refractivity contribution in [2.24, 2.45) is 5.73 Å². The molecule has 4 heteroatoms. The Kier molecular flexibility index (Phi) is 5.15. The zero-order chi connectivity index (χ0) is 14.5. The van der Waals surface area contributed by atoms with Crippen LogP contribution in [0.2, 0.25) is 0 Å². The van der Waals surface area contributed by atoms with Crippen LogP contribution in [0.5, 0.6) is 0 Å². The van der Waals surface area contributed by atoms with E-state index in [9.17, 15) is 4.79 Å². The lowest BCUT2D eigenvalue weighted by atomic mass is 9.98. The summed E-state index contributed by atoms with van der Waals surface area (Å²) in [6.07, 6.45) is 2.42. The van der Waals surface area contributed by atoms with Crippen LogP contribution >= 0.6 is 0 Å². The molecule has 1 fully saturated rings. The Labute approximate surface area is 120 Å². The molecule has 0 aliphatic carbocycles. The van der Waals surface area contributed by atoms with Gasteiger partial charge in [-0.1, -0.05) is 29.8 Å². The molecule has 1 amide bonds. The summed E-state index contributed by atoms with van der Waals surface area (Å²) in [5.41, 5.74) is 8.08. The number of ether oxygens (including phenoxy) is 1. The predicted molar refractivity (Wildman–Crippen MR) is 79.5 cm³/mol. The van der Waals surface area contributed by atoms with Gasteiger partial charge in [0.05, 0.1) is 12.5 Å². The third-order valence-corrected chi connectivity index (χ3v) is 4.07. The first-order valence-corrected chi connectivity index (χ1v) is 7.22. The van der Waals surface area contributed by atoms with E-state index in [4.69, 9.17) is 10.5 Å². The zero-order valence-corrected chi connectivity index (χ0v) is 12.3. The molecule has 1 aliphatic heterocycles. The van der Waals surface area contributed by atoms with Gasteiger partial charge in [0, 0.05) is 26.2 Å². The Balaban J connectivity index is 1.99. The fraction of sp³-hybridized carbons (Fsp3) is 0.562. The molecule has 0 spiro atoms. The van der Waals surface area contributed by atoms with Crippen LogP contribution in [-0.4, -0.2) is 43.2 Å². The molecule has 1 aromatic carbocycles. The zero-order valence-electron chi connectivity index (χ0n) is 12.3. The number of methoxy groups -OCH3 is 1. The van der Waals surface area contributed by atoms with Gasteiger partial charge in [-0.15, -0.1) is 0 Å². The number of likely N-dealkylation sites (tertiary alicyclic amines) is 1. The van der Waals surface area contributed by atoms with Crippen molar-refractivity contribution in [1.29, 1.82) is 0 Å². The lowest BCUT2D eigenvalue weighted by Gasteiger charge is -2.38. The SMILES string of the molecule is COC1CCN(C(=O)Cc2ccc(C)cc2)C(CN)C1. The standard InChI is InChI=1S/C16H24N2O2/c1-12-3-5-13(6-4-12)9-16(19)18-8-7-15(20-2)10-14(18)11-17/h3-6,14-15H,7-11,17H2,1-2H3. The van der Waals surface area contributed by atoms with Crippen molar-refractivity contribution in [2.45, 2.75) is 38.3 Å². The maximum absolute atomic E-state index is 12.4. The summed E-state index contributed by atoms with van der Waals surface area (Å²) in [6, 6.07) is 8.23. The molecule has 20 heavy (non-hydrogen) atoms. The molecule has 2 atom stereocenters. The van der Waals surface area contributed by atoms with Gasteiger partial charge in [-0.25, -0.2) is 0 Å². The van der Waals surface area contributed by atoms with E-state index < -0.39 is 0 Å². The number of hydrogen-bond acceptors (Lipinski definition) is 3. The second-order valence-corrected chi connectivity index (χ2v) is 5.52. The Hall–Kier alpha value is -1.39. The summed E-state index contributed by atoms with van der Waals surface area (Å²) in [7, 11) is 1.72. The second-order valence-electron chi connectivity index (χ2n) is 5.52. The van der Waals surface area contributed by atoms with Crippen LogP contribution in [0, 0.1) is 6.92 Å². The van der Waals surface area contributed by atoms with Crippen LogP contribution in [0.15, 0.2) is 24.3 Å². The van der Waals surface area contributed by atoms with Crippen molar-refractivity contribution in [3.8, 4) is 0 Å². The lowest BCUT2D eigenvalue weighted by molar-refractivity contribution is -0.136. The largest absolute Gasteiger partial charge is 0.381 e. The van der Waals surface area contributed by atoms with Crippen molar-refractivity contribution in [3.63, 3.8) is 0 Å². The van der Waals surface area contributed by atoms with Gasteiger partial charge < -0.3 is 15.4 Å². The van der Waals surface area contributed by atoms with Crippen molar-refractivity contribution in [3.05, 3.63) is 35.4 Å². The van der Waals surface area contributed by atoms with Crippen LogP contribution in [0.25, 0.3) is 0 Å². The average molecular weight is 276 g/mol. The molecule has 2 unspecified atom stereocenters. The fourth-order valence-electron chi connectivity index (χ4n) is 2.76. The number of carbonyl (C=O) groups excluding carboxylic acids is 1. The fourth-order valence-corrected chi connectivity index (χ4v) is 2.76. The summed E-state index contributed by atoms with van der Waals surface area (Å²) in [5.74, 6) is 0.166. The predicted octanol–water partition coefficient (Wildman–Crippen LogP) is 1.50. The van der Waals surface area contributed by atoms with Crippen LogP contribution in [0.1, 0.15) is 24.0 Å². The highest BCUT2D eigenvalue weighted by Crippen LogP contribution is 2.20. The smallest absolute Gasteiger partial charge is 0.227 e. The monoisotopic (exact) mass is 276 g/mol. The molecule has 4 nitrogen and oxygen atoms in total. The van der Waals surface area contributed by atoms with Gasteiger partial charge in [0.15, 0.2) is 0 Å². The average Bonchev–Trinajstić information content (AvgIpc) is 2.48. The Morgan fingerprint density at radius 1 is 1.40 bits per heavy atom. The number of piperidine rings is 1. The van der Waals surface area contributed by atoms with Crippen molar-refractivity contribution in [1.82, 2.24) is 4.90 Å². The van der Waals surface area contributed by atoms with E-state index in [1.54, 1.807) is 7.11 Å². The number of nitrogens with two attached hydrogens (primary N) is 1. The van der Waals surface area contributed by atoms with Crippen LogP contribution < -0.4 is 5.73 Å². The van der Waals surface area contributed by atoms with Crippen LogP contribution in [-0.2, 0) is 16.0 Å². The topological polar surface area (TPSA) is 55.6 Å². The quantitative estimate of drug-likeness (QED) is 0.906. The third-order valence-electron chi connectivity index (χ3n) is 4.07. The summed E-state index contributed by atoms with van der Waals surface area (Å²) in [6.45, 7) is 3.29. The van der Waals surface area contributed by atoms with Crippen molar-refractivity contribution < 1.29 is 9.53 Å². The highest BCUT2D eigenvalue weighted by Gasteiger charge is 2.30. The molecule has 1 heterocycles. The number of carbonyl (C=O) groups is 1. The van der Waals surface area contributed by atoms with E-state index in [-0.39, 0.29) is 18.1 Å². The molecule has 110 valence electrons. The maximum atomic E-state index is 12.4. The molecular weight excluding hydrogens is 252 g/mol. The van der Waals surface area contributed by atoms with E-state index >= 15 is 0 Å². The molecule has 1 aliphatic rings. The van der Waals surface area contributed by atoms with E-state index in [1.807, 2.05) is 36.1 Å². The van der Waals surface area contributed by atoms with Gasteiger partial charge in [0.25, 0.3) is 0 Å². The normalized spacial score (nSPS) is 22.9. The molecule has 0 aromatic heterocycles. The molecule has 0 saturated carbocycles. The number of amides is 1. The van der Waals surface area contributed by atoms with Gasteiger partial charge in [0.1, 0.15) is 0 Å². The van der Waals surface area contributed by atoms with E-state index in [0.29, 0.717) is 13.0 Å². The third kappa shape index (κ3) is 3.58. The number of nitrogens with zero attached hydrogens (tertiary/aromatic N) is 1. The highest BCUT2D eigenvalue weighted by atomic mass is 16.5. The maximum Gasteiger partial charge on any atom is 0.227 e. The second kappa shape index (κ2) is 6.86. The first-order valence-electron chi connectivity index (χ1n) is 7.22. The van der Waals surface area contributed by atoms with Gasteiger partial charge in [-0.2, -0.15) is 0 Å². The van der Waals surface area contributed by atoms with Crippen LogP contribution in [0.4, 0.5) is 0 Å². The van der Waals surface area contributed by atoms with Gasteiger partial charge >= 0.3 is 0 Å². The highest BCUT2D eigenvalue weighted by molar-refractivity contribution is 5.79. The molecule has 1 saturated heterocycles. The first kappa shape index (κ1) is 15.0. The molecule has 0 bridgehead atoms. The van der Waals surface area contributed by atoms with Crippen LogP contribution in [0.3, 0.4) is 0 Å². The minimum Gasteiger partial charge on any atom is -0.381 e. The van der Waals surface area contributed by atoms with E-state index in [0.717, 1.165) is 24.9 Å². The Morgan fingerprint density at radius 3 is 2.70 bits per heavy atom. The summed E-state index contributed by atoms with van der Waals surface area (Å²) < 4.78 is 5.39. The summed E-state index contributed by atoms with van der Waals surface area (Å²) >= 11 is 0. The van der Waals surface area contributed by atoms with E-state index in [2.05, 4.69) is 0 Å².